The lowest BCUT2D eigenvalue weighted by Crippen LogP contribution is -2.61. The molecule has 396 valence electrons. The molecule has 2 heterocycles. The molecule has 0 radical (unpaired) electrons. The molecule has 15 heteroatoms. The van der Waals surface area contributed by atoms with Crippen molar-refractivity contribution in [3.05, 3.63) is 0 Å². The summed E-state index contributed by atoms with van der Waals surface area (Å²) in [6.45, 7) is 2.61. The highest BCUT2D eigenvalue weighted by molar-refractivity contribution is 5.70. The van der Waals surface area contributed by atoms with Gasteiger partial charge in [0.2, 0.25) is 0 Å². The molecule has 2 rings (SSSR count). The lowest BCUT2D eigenvalue weighted by atomic mass is 9.98. The Morgan fingerprint density at radius 3 is 1.16 bits per heavy atom. The molecule has 11 atom stereocenters. The molecule has 15 nitrogen and oxygen atoms in total. The highest BCUT2D eigenvalue weighted by atomic mass is 16.7. The van der Waals surface area contributed by atoms with Crippen LogP contribution >= 0.6 is 0 Å². The molecule has 0 aromatic carbocycles. The van der Waals surface area contributed by atoms with E-state index in [4.69, 9.17) is 28.4 Å². The molecule has 2 saturated heterocycles. The SMILES string of the molecule is CCCCCCCCCCCCCCCCCCCCCCCC(=O)O[C@H](COC(=O)CCCCCCCCCCCC)CO[C@H]1O[C@@H](CO[C@H]2O[C@@H](CO)[C@@H](O)C(O)C2O)[C@@H](O)C(O)C1O. The van der Waals surface area contributed by atoms with E-state index in [0.717, 1.165) is 38.5 Å². The van der Waals surface area contributed by atoms with Crippen LogP contribution in [0.15, 0.2) is 0 Å². The topological polar surface area (TPSA) is 231 Å². The molecule has 0 aromatic heterocycles. The van der Waals surface area contributed by atoms with Crippen LogP contribution in [0, 0.1) is 0 Å². The Labute approximate surface area is 404 Å². The van der Waals surface area contributed by atoms with Gasteiger partial charge >= 0.3 is 11.9 Å². The first-order valence-electron chi connectivity index (χ1n) is 27.1. The predicted molar refractivity (Wildman–Crippen MR) is 257 cm³/mol. The van der Waals surface area contributed by atoms with Crippen LogP contribution in [0.1, 0.15) is 226 Å². The molecule has 0 spiro atoms. The van der Waals surface area contributed by atoms with E-state index in [1.165, 1.54) is 148 Å². The number of ether oxygens (including phenoxy) is 6. The lowest BCUT2D eigenvalue weighted by molar-refractivity contribution is -0.332. The first kappa shape index (κ1) is 61.6. The number of rotatable bonds is 43. The number of carbonyl (C=O) groups excluding carboxylic acids is 2. The fraction of sp³-hybridized carbons (Fsp3) is 0.962. The maximum atomic E-state index is 13.0. The molecule has 0 saturated carbocycles. The van der Waals surface area contributed by atoms with Crippen molar-refractivity contribution in [3.63, 3.8) is 0 Å². The second-order valence-electron chi connectivity index (χ2n) is 19.4. The van der Waals surface area contributed by atoms with Gasteiger partial charge in [-0.05, 0) is 12.8 Å². The van der Waals surface area contributed by atoms with Gasteiger partial charge in [0.05, 0.1) is 19.8 Å². The lowest BCUT2D eigenvalue weighted by Gasteiger charge is -2.42. The highest BCUT2D eigenvalue weighted by Gasteiger charge is 2.47. The Morgan fingerprint density at radius 2 is 0.761 bits per heavy atom. The number of aliphatic hydroxyl groups excluding tert-OH is 7. The van der Waals surface area contributed by atoms with Gasteiger partial charge in [-0.25, -0.2) is 0 Å². The Bertz CT molecular complexity index is 1180. The minimum atomic E-state index is -1.76. The van der Waals surface area contributed by atoms with Crippen molar-refractivity contribution >= 4 is 11.9 Å². The zero-order valence-electron chi connectivity index (χ0n) is 41.9. The molecule has 4 unspecified atom stereocenters. The Kier molecular flexibility index (Phi) is 36.9. The number of carbonyl (C=O) groups is 2. The zero-order chi connectivity index (χ0) is 48.9. The van der Waals surface area contributed by atoms with E-state index in [1.807, 2.05) is 0 Å². The monoisotopic (exact) mass is 963 g/mol. The molecule has 0 aromatic rings. The largest absolute Gasteiger partial charge is 0.462 e. The number of unbranched alkanes of at least 4 members (excludes halogenated alkanes) is 29. The fourth-order valence-corrected chi connectivity index (χ4v) is 8.87. The first-order chi connectivity index (χ1) is 32.5. The minimum absolute atomic E-state index is 0.174. The smallest absolute Gasteiger partial charge is 0.306 e. The molecular formula is C52H98O15. The van der Waals surface area contributed by atoms with Crippen molar-refractivity contribution in [2.45, 2.75) is 293 Å². The van der Waals surface area contributed by atoms with Crippen LogP contribution in [0.25, 0.3) is 0 Å². The van der Waals surface area contributed by atoms with E-state index in [9.17, 15) is 45.3 Å². The summed E-state index contributed by atoms with van der Waals surface area (Å²) in [4.78, 5) is 25.7. The van der Waals surface area contributed by atoms with Gasteiger partial charge in [0.15, 0.2) is 18.7 Å². The number of aliphatic hydroxyl groups is 7. The van der Waals surface area contributed by atoms with Crippen LogP contribution < -0.4 is 0 Å². The molecule has 2 fully saturated rings. The van der Waals surface area contributed by atoms with Gasteiger partial charge in [0, 0.05) is 12.8 Å². The minimum Gasteiger partial charge on any atom is -0.462 e. The van der Waals surface area contributed by atoms with Crippen molar-refractivity contribution in [2.75, 3.05) is 26.4 Å². The third kappa shape index (κ3) is 28.2. The second-order valence-corrected chi connectivity index (χ2v) is 19.4. The Balaban J connectivity index is 1.74. The summed E-state index contributed by atoms with van der Waals surface area (Å²) in [5.41, 5.74) is 0. The molecule has 67 heavy (non-hydrogen) atoms. The van der Waals surface area contributed by atoms with Gasteiger partial charge < -0.3 is 64.2 Å². The maximum Gasteiger partial charge on any atom is 0.306 e. The van der Waals surface area contributed by atoms with Gasteiger partial charge in [-0.3, -0.25) is 9.59 Å². The molecule has 2 aliphatic heterocycles. The molecule has 7 N–H and O–H groups in total. The normalized spacial score (nSPS) is 25.9. The number of esters is 2. The van der Waals surface area contributed by atoms with E-state index >= 15 is 0 Å². The summed E-state index contributed by atoms with van der Waals surface area (Å²) in [5, 5.41) is 72.1. The van der Waals surface area contributed by atoms with E-state index in [-0.39, 0.29) is 26.1 Å². The van der Waals surface area contributed by atoms with Gasteiger partial charge in [0.1, 0.15) is 55.4 Å². The quantitative estimate of drug-likeness (QED) is 0.0227. The number of hydrogen-bond acceptors (Lipinski definition) is 15. The second kappa shape index (κ2) is 40.1. The zero-order valence-corrected chi connectivity index (χ0v) is 41.9. The predicted octanol–water partition coefficient (Wildman–Crippen LogP) is 8.00. The summed E-state index contributed by atoms with van der Waals surface area (Å²) in [7, 11) is 0. The van der Waals surface area contributed by atoms with Gasteiger partial charge in [-0.1, -0.05) is 200 Å². The van der Waals surface area contributed by atoms with E-state index < -0.39 is 92.7 Å². The molecular weight excluding hydrogens is 865 g/mol. The van der Waals surface area contributed by atoms with Crippen molar-refractivity contribution in [3.8, 4) is 0 Å². The highest BCUT2D eigenvalue weighted by Crippen LogP contribution is 2.27. The van der Waals surface area contributed by atoms with Gasteiger partial charge in [-0.2, -0.15) is 0 Å². The standard InChI is InChI=1S/C52H98O15/c1-3-5-7-9-11-13-15-16-17-18-19-20-21-22-23-24-25-27-29-31-33-35-44(55)65-40(37-62-43(54)34-32-30-28-26-14-12-10-8-6-4-2)38-63-51-50(61)48(59)46(57)42(67-51)39-64-52-49(60)47(58)45(56)41(36-53)66-52/h40-42,45-53,56-61H,3-39H2,1-2H3/t40-,41+,42+,45-,46-,47?,48?,49?,50?,51+,52+/m1/s1. The fourth-order valence-electron chi connectivity index (χ4n) is 8.87. The van der Waals surface area contributed by atoms with E-state index in [0.29, 0.717) is 12.8 Å². The Morgan fingerprint density at radius 1 is 0.418 bits per heavy atom. The molecule has 2 aliphatic rings. The molecule has 0 amide bonds. The van der Waals surface area contributed by atoms with Gasteiger partial charge in [-0.15, -0.1) is 0 Å². The average Bonchev–Trinajstić information content (AvgIpc) is 3.32. The van der Waals surface area contributed by atoms with E-state index in [1.54, 1.807) is 0 Å². The number of hydrogen-bond donors (Lipinski definition) is 7. The van der Waals surface area contributed by atoms with Crippen molar-refractivity contribution in [1.29, 1.82) is 0 Å². The summed E-state index contributed by atoms with van der Waals surface area (Å²) in [6.07, 6.45) is 21.4. The van der Waals surface area contributed by atoms with Crippen molar-refractivity contribution in [1.82, 2.24) is 0 Å². The maximum absolute atomic E-state index is 13.0. The summed E-state index contributed by atoms with van der Waals surface area (Å²) in [5.74, 6) is -0.911. The van der Waals surface area contributed by atoms with Crippen LogP contribution in [0.2, 0.25) is 0 Å². The summed E-state index contributed by atoms with van der Waals surface area (Å²) >= 11 is 0. The molecule has 0 bridgehead atoms. The van der Waals surface area contributed by atoms with E-state index in [2.05, 4.69) is 13.8 Å². The summed E-state index contributed by atoms with van der Waals surface area (Å²) in [6, 6.07) is 0. The van der Waals surface area contributed by atoms with Crippen LogP contribution in [-0.2, 0) is 38.0 Å². The van der Waals surface area contributed by atoms with Crippen molar-refractivity contribution in [2.24, 2.45) is 0 Å². The molecule has 0 aliphatic carbocycles. The third-order valence-corrected chi connectivity index (χ3v) is 13.3. The third-order valence-electron chi connectivity index (χ3n) is 13.3. The van der Waals surface area contributed by atoms with Crippen LogP contribution in [0.5, 0.6) is 0 Å². The van der Waals surface area contributed by atoms with Crippen LogP contribution in [-0.4, -0.2) is 142 Å². The Hall–Kier alpha value is -1.50. The van der Waals surface area contributed by atoms with Crippen LogP contribution in [0.4, 0.5) is 0 Å². The first-order valence-corrected chi connectivity index (χ1v) is 27.1. The van der Waals surface area contributed by atoms with Crippen molar-refractivity contribution < 1.29 is 73.8 Å². The average molecular weight is 963 g/mol. The van der Waals surface area contributed by atoms with Crippen LogP contribution in [0.3, 0.4) is 0 Å². The van der Waals surface area contributed by atoms with Gasteiger partial charge in [0.25, 0.3) is 0 Å². The summed E-state index contributed by atoms with van der Waals surface area (Å²) < 4.78 is 33.6.